The molecule has 1 N–H and O–H groups in total. The molecule has 0 aliphatic heterocycles. The maximum Gasteiger partial charge on any atom is 0.314 e. The lowest BCUT2D eigenvalue weighted by Gasteiger charge is -2.04. The highest BCUT2D eigenvalue weighted by molar-refractivity contribution is 5.76. The molecule has 1 heterocycles. The molecular weight excluding hydrogens is 144 g/mol. The predicted molar refractivity (Wildman–Crippen MR) is 39.0 cm³/mol. The number of aromatic amines is 1. The van der Waals surface area contributed by atoms with Crippen molar-refractivity contribution < 1.29 is 9.53 Å². The Morgan fingerprint density at radius 3 is 3.00 bits per heavy atom. The molecule has 11 heavy (non-hydrogen) atoms. The summed E-state index contributed by atoms with van der Waals surface area (Å²) < 4.78 is 4.55. The second-order valence-electron chi connectivity index (χ2n) is 2.26. The van der Waals surface area contributed by atoms with Crippen LogP contribution in [0.5, 0.6) is 0 Å². The second kappa shape index (κ2) is 3.18. The van der Waals surface area contributed by atoms with Crippen LogP contribution in [-0.2, 0) is 9.53 Å². The fourth-order valence-corrected chi connectivity index (χ4v) is 0.812. The SMILES string of the molecule is COC(=O)C(C)c1ccn[nH]1. The molecule has 1 unspecified atom stereocenters. The number of esters is 1. The van der Waals surface area contributed by atoms with Crippen molar-refractivity contribution in [2.24, 2.45) is 0 Å². The van der Waals surface area contributed by atoms with Crippen LogP contribution in [-0.4, -0.2) is 23.3 Å². The van der Waals surface area contributed by atoms with Crippen LogP contribution in [0.2, 0.25) is 0 Å². The third kappa shape index (κ3) is 1.58. The monoisotopic (exact) mass is 154 g/mol. The molecule has 1 aromatic heterocycles. The molecule has 4 nitrogen and oxygen atoms in total. The highest BCUT2D eigenvalue weighted by Crippen LogP contribution is 2.11. The Labute approximate surface area is 64.6 Å². The van der Waals surface area contributed by atoms with Gasteiger partial charge in [-0.3, -0.25) is 9.89 Å². The summed E-state index contributed by atoms with van der Waals surface area (Å²) in [4.78, 5) is 10.9. The van der Waals surface area contributed by atoms with Gasteiger partial charge in [-0.25, -0.2) is 0 Å². The Balaban J connectivity index is 2.70. The number of carbonyl (C=O) groups is 1. The van der Waals surface area contributed by atoms with Crippen molar-refractivity contribution in [3.8, 4) is 0 Å². The molecule has 0 aliphatic carbocycles. The number of hydrogen-bond acceptors (Lipinski definition) is 3. The van der Waals surface area contributed by atoms with Crippen LogP contribution in [0.4, 0.5) is 0 Å². The lowest BCUT2D eigenvalue weighted by Crippen LogP contribution is -2.10. The quantitative estimate of drug-likeness (QED) is 0.637. The van der Waals surface area contributed by atoms with E-state index in [2.05, 4.69) is 14.9 Å². The molecule has 0 saturated carbocycles. The van der Waals surface area contributed by atoms with E-state index in [0.29, 0.717) is 0 Å². The van der Waals surface area contributed by atoms with Crippen molar-refractivity contribution in [1.29, 1.82) is 0 Å². The fourth-order valence-electron chi connectivity index (χ4n) is 0.812. The van der Waals surface area contributed by atoms with Gasteiger partial charge in [0.25, 0.3) is 0 Å². The van der Waals surface area contributed by atoms with Gasteiger partial charge in [-0.2, -0.15) is 5.10 Å². The molecule has 0 aliphatic rings. The van der Waals surface area contributed by atoms with Crippen LogP contribution in [0, 0.1) is 0 Å². The zero-order valence-electron chi connectivity index (χ0n) is 6.50. The lowest BCUT2D eigenvalue weighted by molar-refractivity contribution is -0.142. The predicted octanol–water partition coefficient (Wildman–Crippen LogP) is 0.686. The van der Waals surface area contributed by atoms with Crippen molar-refractivity contribution in [3.63, 3.8) is 0 Å². The van der Waals surface area contributed by atoms with E-state index in [-0.39, 0.29) is 11.9 Å². The fraction of sp³-hybridized carbons (Fsp3) is 0.429. The van der Waals surface area contributed by atoms with E-state index in [1.807, 2.05) is 0 Å². The van der Waals surface area contributed by atoms with Crippen LogP contribution in [0.3, 0.4) is 0 Å². The first kappa shape index (κ1) is 7.78. The lowest BCUT2D eigenvalue weighted by atomic mass is 10.1. The van der Waals surface area contributed by atoms with Crippen LogP contribution in [0.15, 0.2) is 12.3 Å². The van der Waals surface area contributed by atoms with Gasteiger partial charge >= 0.3 is 5.97 Å². The van der Waals surface area contributed by atoms with Gasteiger partial charge in [0.1, 0.15) is 0 Å². The number of nitrogens with zero attached hydrogens (tertiary/aromatic N) is 1. The summed E-state index contributed by atoms with van der Waals surface area (Å²) in [5.74, 6) is -0.517. The second-order valence-corrected chi connectivity index (χ2v) is 2.26. The van der Waals surface area contributed by atoms with E-state index in [1.165, 1.54) is 7.11 Å². The molecule has 60 valence electrons. The van der Waals surface area contributed by atoms with E-state index >= 15 is 0 Å². The van der Waals surface area contributed by atoms with Crippen LogP contribution >= 0.6 is 0 Å². The van der Waals surface area contributed by atoms with Crippen molar-refractivity contribution in [2.75, 3.05) is 7.11 Å². The van der Waals surface area contributed by atoms with Crippen molar-refractivity contribution in [1.82, 2.24) is 10.2 Å². The average molecular weight is 154 g/mol. The van der Waals surface area contributed by atoms with Gasteiger partial charge in [0.2, 0.25) is 0 Å². The molecule has 1 aromatic rings. The summed E-state index contributed by atoms with van der Waals surface area (Å²) in [6, 6.07) is 1.75. The number of methoxy groups -OCH3 is 1. The Morgan fingerprint density at radius 2 is 2.55 bits per heavy atom. The maximum atomic E-state index is 10.9. The summed E-state index contributed by atoms with van der Waals surface area (Å²) >= 11 is 0. The number of H-pyrrole nitrogens is 1. The van der Waals surface area contributed by atoms with Gasteiger partial charge in [0.05, 0.1) is 13.0 Å². The topological polar surface area (TPSA) is 55.0 Å². The molecule has 0 aromatic carbocycles. The molecular formula is C7H10N2O2. The highest BCUT2D eigenvalue weighted by atomic mass is 16.5. The van der Waals surface area contributed by atoms with E-state index in [4.69, 9.17) is 0 Å². The van der Waals surface area contributed by atoms with E-state index in [1.54, 1.807) is 19.2 Å². The number of carbonyl (C=O) groups excluding carboxylic acids is 1. The van der Waals surface area contributed by atoms with Crippen molar-refractivity contribution >= 4 is 5.97 Å². The highest BCUT2D eigenvalue weighted by Gasteiger charge is 2.15. The zero-order chi connectivity index (χ0) is 8.27. The minimum Gasteiger partial charge on any atom is -0.469 e. The minimum absolute atomic E-state index is 0.255. The molecule has 0 saturated heterocycles. The van der Waals surface area contributed by atoms with Gasteiger partial charge in [-0.1, -0.05) is 0 Å². The van der Waals surface area contributed by atoms with Gasteiger partial charge in [0.15, 0.2) is 0 Å². The number of aromatic nitrogens is 2. The van der Waals surface area contributed by atoms with Gasteiger partial charge in [0, 0.05) is 11.9 Å². The molecule has 1 rings (SSSR count). The molecule has 1 atom stereocenters. The van der Waals surface area contributed by atoms with E-state index in [9.17, 15) is 4.79 Å². The van der Waals surface area contributed by atoms with Crippen molar-refractivity contribution in [2.45, 2.75) is 12.8 Å². The Bertz CT molecular complexity index is 231. The number of ether oxygens (including phenoxy) is 1. The van der Waals surface area contributed by atoms with E-state index in [0.717, 1.165) is 5.69 Å². The van der Waals surface area contributed by atoms with E-state index < -0.39 is 0 Å². The molecule has 0 fully saturated rings. The zero-order valence-corrected chi connectivity index (χ0v) is 6.50. The average Bonchev–Trinajstić information content (AvgIpc) is 2.53. The first-order valence-corrected chi connectivity index (χ1v) is 3.33. The third-order valence-corrected chi connectivity index (χ3v) is 1.54. The molecule has 0 radical (unpaired) electrons. The normalized spacial score (nSPS) is 12.5. The number of rotatable bonds is 2. The first-order chi connectivity index (χ1) is 5.25. The standard InChI is InChI=1S/C7H10N2O2/c1-5(7(10)11-2)6-3-4-8-9-6/h3-5H,1-2H3,(H,8,9). The molecule has 4 heteroatoms. The Hall–Kier alpha value is -1.32. The third-order valence-electron chi connectivity index (χ3n) is 1.54. The first-order valence-electron chi connectivity index (χ1n) is 3.33. The molecule has 0 bridgehead atoms. The molecule has 0 spiro atoms. The summed E-state index contributed by atoms with van der Waals surface area (Å²) in [6.45, 7) is 1.76. The van der Waals surface area contributed by atoms with Crippen LogP contribution in [0.1, 0.15) is 18.5 Å². The Morgan fingerprint density at radius 1 is 1.82 bits per heavy atom. The summed E-state index contributed by atoms with van der Waals surface area (Å²) in [6.07, 6.45) is 1.61. The van der Waals surface area contributed by atoms with Crippen LogP contribution < -0.4 is 0 Å². The van der Waals surface area contributed by atoms with Gasteiger partial charge in [-0.15, -0.1) is 0 Å². The number of hydrogen-bond donors (Lipinski definition) is 1. The maximum absolute atomic E-state index is 10.9. The largest absolute Gasteiger partial charge is 0.469 e. The summed E-state index contributed by atoms with van der Waals surface area (Å²) in [5, 5.41) is 6.43. The Kier molecular flexibility index (Phi) is 2.25. The summed E-state index contributed by atoms with van der Waals surface area (Å²) in [5.41, 5.74) is 0.775. The van der Waals surface area contributed by atoms with Gasteiger partial charge < -0.3 is 4.74 Å². The van der Waals surface area contributed by atoms with Crippen molar-refractivity contribution in [3.05, 3.63) is 18.0 Å². The molecule has 0 amide bonds. The smallest absolute Gasteiger partial charge is 0.314 e. The number of nitrogens with one attached hydrogen (secondary N) is 1. The minimum atomic E-state index is -0.262. The van der Waals surface area contributed by atoms with Gasteiger partial charge in [-0.05, 0) is 13.0 Å². The summed E-state index contributed by atoms with van der Waals surface area (Å²) in [7, 11) is 1.37. The van der Waals surface area contributed by atoms with Crippen LogP contribution in [0.25, 0.3) is 0 Å².